The number of amides is 1. The van der Waals surface area contributed by atoms with Crippen LogP contribution in [0.4, 0.5) is 0 Å². The van der Waals surface area contributed by atoms with Gasteiger partial charge in [-0.25, -0.2) is 0 Å². The van der Waals surface area contributed by atoms with Crippen molar-refractivity contribution in [1.82, 2.24) is 5.32 Å². The van der Waals surface area contributed by atoms with Gasteiger partial charge in [0.2, 0.25) is 0 Å². The normalized spacial score (nSPS) is 11.9. The first kappa shape index (κ1) is 17.9. The summed E-state index contributed by atoms with van der Waals surface area (Å²) < 4.78 is 0. The third-order valence-electron chi connectivity index (χ3n) is 4.55. The van der Waals surface area contributed by atoms with Gasteiger partial charge in [0.05, 0.1) is 6.04 Å². The van der Waals surface area contributed by atoms with E-state index in [2.05, 4.69) is 29.7 Å². The number of quaternary nitrogens is 1. The highest BCUT2D eigenvalue weighted by molar-refractivity contribution is 5.77. The second kappa shape index (κ2) is 8.97. The maximum absolute atomic E-state index is 12.6. The van der Waals surface area contributed by atoms with Gasteiger partial charge < -0.3 is 10.6 Å². The van der Waals surface area contributed by atoms with Crippen LogP contribution >= 0.6 is 0 Å². The Hall–Kier alpha value is -2.91. The van der Waals surface area contributed by atoms with Gasteiger partial charge in [0.15, 0.2) is 6.54 Å². The zero-order valence-corrected chi connectivity index (χ0v) is 15.0. The van der Waals surface area contributed by atoms with Crippen molar-refractivity contribution in [2.75, 3.05) is 6.54 Å². The number of hydrogen-bond acceptors (Lipinski definition) is 1. The van der Waals surface area contributed by atoms with E-state index in [0.29, 0.717) is 6.54 Å². The molecule has 0 aromatic heterocycles. The molecule has 1 atom stereocenters. The first-order valence-electron chi connectivity index (χ1n) is 9.01. The van der Waals surface area contributed by atoms with Gasteiger partial charge in [-0.2, -0.15) is 0 Å². The lowest BCUT2D eigenvalue weighted by atomic mass is 9.99. The number of carbonyl (C=O) groups excluding carboxylic acids is 1. The molecule has 132 valence electrons. The summed E-state index contributed by atoms with van der Waals surface area (Å²) in [6.07, 6.45) is 0. The smallest absolute Gasteiger partial charge is 0.275 e. The Kier molecular flexibility index (Phi) is 6.18. The molecule has 0 bridgehead atoms. The summed E-state index contributed by atoms with van der Waals surface area (Å²) in [5, 5.41) is 5.25. The molecular formula is C23H25N2O+. The molecule has 3 aromatic rings. The van der Waals surface area contributed by atoms with Crippen LogP contribution in [-0.4, -0.2) is 12.5 Å². The minimum atomic E-state index is -0.134. The summed E-state index contributed by atoms with van der Waals surface area (Å²) in [6, 6.07) is 30.5. The van der Waals surface area contributed by atoms with E-state index < -0.39 is 0 Å². The number of nitrogens with one attached hydrogen (secondary N) is 1. The largest absolute Gasteiger partial charge is 0.340 e. The van der Waals surface area contributed by atoms with Crippen molar-refractivity contribution in [3.63, 3.8) is 0 Å². The molecule has 0 unspecified atom stereocenters. The molecular weight excluding hydrogens is 320 g/mol. The average Bonchev–Trinajstić information content (AvgIpc) is 2.72. The molecule has 3 rings (SSSR count). The quantitative estimate of drug-likeness (QED) is 0.679. The molecule has 0 saturated carbocycles. The van der Waals surface area contributed by atoms with Crippen LogP contribution in [0.15, 0.2) is 91.0 Å². The van der Waals surface area contributed by atoms with Crippen molar-refractivity contribution in [2.24, 2.45) is 0 Å². The van der Waals surface area contributed by atoms with Gasteiger partial charge in [-0.15, -0.1) is 0 Å². The van der Waals surface area contributed by atoms with Crippen LogP contribution in [0.5, 0.6) is 0 Å². The van der Waals surface area contributed by atoms with E-state index in [0.717, 1.165) is 11.1 Å². The van der Waals surface area contributed by atoms with Crippen LogP contribution in [0, 0.1) is 0 Å². The zero-order valence-electron chi connectivity index (χ0n) is 15.0. The van der Waals surface area contributed by atoms with Crippen molar-refractivity contribution in [2.45, 2.75) is 19.0 Å². The average molecular weight is 345 g/mol. The van der Waals surface area contributed by atoms with E-state index in [1.807, 2.05) is 78.9 Å². The molecule has 0 saturated heterocycles. The highest BCUT2D eigenvalue weighted by Gasteiger charge is 2.18. The van der Waals surface area contributed by atoms with Gasteiger partial charge in [0.1, 0.15) is 6.04 Å². The van der Waals surface area contributed by atoms with Gasteiger partial charge in [-0.05, 0) is 18.1 Å². The second-order valence-corrected chi connectivity index (χ2v) is 6.46. The van der Waals surface area contributed by atoms with Crippen molar-refractivity contribution < 1.29 is 10.1 Å². The van der Waals surface area contributed by atoms with Crippen LogP contribution in [-0.2, 0) is 4.79 Å². The third kappa shape index (κ3) is 4.80. The molecule has 26 heavy (non-hydrogen) atoms. The minimum Gasteiger partial charge on any atom is -0.340 e. The maximum Gasteiger partial charge on any atom is 0.275 e. The molecule has 0 fully saturated rings. The van der Waals surface area contributed by atoms with E-state index in [9.17, 15) is 4.79 Å². The molecule has 3 nitrogen and oxygen atoms in total. The first-order chi connectivity index (χ1) is 12.7. The van der Waals surface area contributed by atoms with E-state index in [1.54, 1.807) is 0 Å². The number of benzene rings is 3. The fraction of sp³-hybridized carbons (Fsp3) is 0.174. The standard InChI is InChI=1S/C23H24N2O/c1-18(19-11-5-2-6-12-19)24-17-22(26)25-23(20-13-7-3-8-14-20)21-15-9-4-10-16-21/h2-16,18,23-24H,17H2,1H3,(H,25,26)/p+1/t18-/m1/s1. The summed E-state index contributed by atoms with van der Waals surface area (Å²) in [6.45, 7) is 2.51. The number of carbonyl (C=O) groups is 1. The molecule has 0 aliphatic heterocycles. The Bertz CT molecular complexity index is 764. The van der Waals surface area contributed by atoms with Crippen molar-refractivity contribution in [1.29, 1.82) is 0 Å². The summed E-state index contributed by atoms with van der Waals surface area (Å²) >= 11 is 0. The van der Waals surface area contributed by atoms with E-state index in [4.69, 9.17) is 0 Å². The second-order valence-electron chi connectivity index (χ2n) is 6.46. The highest BCUT2D eigenvalue weighted by Crippen LogP contribution is 2.21. The summed E-state index contributed by atoms with van der Waals surface area (Å²) in [7, 11) is 0. The van der Waals surface area contributed by atoms with Crippen LogP contribution < -0.4 is 10.6 Å². The lowest BCUT2D eigenvalue weighted by Gasteiger charge is -2.20. The summed E-state index contributed by atoms with van der Waals surface area (Å²) in [5.41, 5.74) is 3.40. The summed E-state index contributed by atoms with van der Waals surface area (Å²) in [5.74, 6) is 0.0329. The monoisotopic (exact) mass is 345 g/mol. The predicted molar refractivity (Wildman–Crippen MR) is 105 cm³/mol. The Morgan fingerprint density at radius 3 is 1.65 bits per heavy atom. The predicted octanol–water partition coefficient (Wildman–Crippen LogP) is 3.22. The number of hydrogen-bond donors (Lipinski definition) is 2. The van der Waals surface area contributed by atoms with Crippen LogP contribution in [0.1, 0.15) is 35.7 Å². The lowest BCUT2D eigenvalue weighted by molar-refractivity contribution is -0.682. The topological polar surface area (TPSA) is 45.7 Å². The Morgan fingerprint density at radius 1 is 0.769 bits per heavy atom. The van der Waals surface area contributed by atoms with Crippen molar-refractivity contribution in [3.05, 3.63) is 108 Å². The van der Waals surface area contributed by atoms with Gasteiger partial charge in [-0.1, -0.05) is 91.0 Å². The van der Waals surface area contributed by atoms with Gasteiger partial charge in [0.25, 0.3) is 5.91 Å². The SMILES string of the molecule is C[C@@H]([NH2+]CC(=O)NC(c1ccccc1)c1ccccc1)c1ccccc1. The maximum atomic E-state index is 12.6. The lowest BCUT2D eigenvalue weighted by Crippen LogP contribution is -2.87. The number of nitrogens with two attached hydrogens (primary N) is 1. The fourth-order valence-electron chi connectivity index (χ4n) is 3.05. The molecule has 3 aromatic carbocycles. The van der Waals surface area contributed by atoms with Crippen molar-refractivity contribution in [3.8, 4) is 0 Å². The van der Waals surface area contributed by atoms with E-state index in [1.165, 1.54) is 5.56 Å². The number of rotatable bonds is 7. The molecule has 0 aliphatic carbocycles. The van der Waals surface area contributed by atoms with Gasteiger partial charge in [-0.3, -0.25) is 4.79 Å². The van der Waals surface area contributed by atoms with Gasteiger partial charge >= 0.3 is 0 Å². The zero-order chi connectivity index (χ0) is 18.2. The van der Waals surface area contributed by atoms with E-state index in [-0.39, 0.29) is 18.0 Å². The Balaban J connectivity index is 1.66. The molecule has 0 aliphatic rings. The fourth-order valence-corrected chi connectivity index (χ4v) is 3.05. The molecule has 0 heterocycles. The summed E-state index contributed by atoms with van der Waals surface area (Å²) in [4.78, 5) is 12.6. The minimum absolute atomic E-state index is 0.0329. The molecule has 3 N–H and O–H groups in total. The Morgan fingerprint density at radius 2 is 1.19 bits per heavy atom. The third-order valence-corrected chi connectivity index (χ3v) is 4.55. The molecule has 0 radical (unpaired) electrons. The van der Waals surface area contributed by atoms with Crippen molar-refractivity contribution >= 4 is 5.91 Å². The van der Waals surface area contributed by atoms with Gasteiger partial charge in [0, 0.05) is 5.56 Å². The van der Waals surface area contributed by atoms with Crippen LogP contribution in [0.3, 0.4) is 0 Å². The highest BCUT2D eigenvalue weighted by atomic mass is 16.2. The molecule has 3 heteroatoms. The molecule has 1 amide bonds. The Labute approximate surface area is 155 Å². The van der Waals surface area contributed by atoms with E-state index >= 15 is 0 Å². The van der Waals surface area contributed by atoms with Crippen LogP contribution in [0.25, 0.3) is 0 Å². The first-order valence-corrected chi connectivity index (χ1v) is 9.01. The molecule has 0 spiro atoms. The van der Waals surface area contributed by atoms with Crippen LogP contribution in [0.2, 0.25) is 0 Å².